The van der Waals surface area contributed by atoms with Crippen LogP contribution in [0.1, 0.15) is 15.9 Å². The summed E-state index contributed by atoms with van der Waals surface area (Å²) < 4.78 is 4.63. The van der Waals surface area contributed by atoms with E-state index < -0.39 is 5.97 Å². The van der Waals surface area contributed by atoms with Gasteiger partial charge in [-0.3, -0.25) is 4.79 Å². The monoisotopic (exact) mass is 222 g/mol. The lowest BCUT2D eigenvalue weighted by Crippen LogP contribution is -2.22. The number of rotatable bonds is 3. The number of carbonyl (C=O) groups excluding carboxylic acids is 2. The Morgan fingerprint density at radius 3 is 2.69 bits per heavy atom. The molecule has 5 heteroatoms. The van der Waals surface area contributed by atoms with Gasteiger partial charge in [0.2, 0.25) is 5.91 Å². The van der Waals surface area contributed by atoms with Gasteiger partial charge in [-0.25, -0.2) is 4.79 Å². The third-order valence-electron chi connectivity index (χ3n) is 2.11. The van der Waals surface area contributed by atoms with Crippen LogP contribution in [0.25, 0.3) is 0 Å². The number of ether oxygens (including phenoxy) is 1. The summed E-state index contributed by atoms with van der Waals surface area (Å²) in [5.74, 6) is -0.735. The molecule has 1 amide bonds. The first-order valence-corrected chi connectivity index (χ1v) is 4.77. The van der Waals surface area contributed by atoms with Gasteiger partial charge in [0.25, 0.3) is 0 Å². The van der Waals surface area contributed by atoms with Gasteiger partial charge in [0.05, 0.1) is 19.2 Å². The van der Waals surface area contributed by atoms with E-state index in [1.807, 2.05) is 0 Å². The predicted octanol–water partition coefficient (Wildman–Crippen LogP) is 0.679. The summed E-state index contributed by atoms with van der Waals surface area (Å²) in [6.45, 7) is 1.70. The molecule has 3 N–H and O–H groups in total. The van der Waals surface area contributed by atoms with E-state index in [0.29, 0.717) is 11.3 Å². The standard InChI is InChI=1S/C11H14N2O3/c1-7-3-4-8(13-10(14)6-12)5-9(7)11(15)16-2/h3-5H,6,12H2,1-2H3,(H,13,14). The number of hydrogen-bond acceptors (Lipinski definition) is 4. The number of methoxy groups -OCH3 is 1. The van der Waals surface area contributed by atoms with Gasteiger partial charge in [-0.05, 0) is 24.6 Å². The Hall–Kier alpha value is -1.88. The SMILES string of the molecule is COC(=O)c1cc(NC(=O)CN)ccc1C. The summed E-state index contributed by atoms with van der Waals surface area (Å²) in [4.78, 5) is 22.4. The Bertz CT molecular complexity index is 416. The summed E-state index contributed by atoms with van der Waals surface area (Å²) in [5.41, 5.74) is 6.92. The van der Waals surface area contributed by atoms with Gasteiger partial charge >= 0.3 is 5.97 Å². The predicted molar refractivity (Wildman–Crippen MR) is 60.2 cm³/mol. The number of amides is 1. The lowest BCUT2D eigenvalue weighted by Gasteiger charge is -2.08. The quantitative estimate of drug-likeness (QED) is 0.737. The minimum atomic E-state index is -0.429. The highest BCUT2D eigenvalue weighted by atomic mass is 16.5. The van der Waals surface area contributed by atoms with Crippen LogP contribution in [-0.4, -0.2) is 25.5 Å². The van der Waals surface area contributed by atoms with E-state index in [9.17, 15) is 9.59 Å². The smallest absolute Gasteiger partial charge is 0.338 e. The van der Waals surface area contributed by atoms with Crippen molar-refractivity contribution in [3.63, 3.8) is 0 Å². The molecule has 0 heterocycles. The van der Waals surface area contributed by atoms with E-state index in [1.165, 1.54) is 7.11 Å². The number of hydrogen-bond donors (Lipinski definition) is 2. The second-order valence-corrected chi connectivity index (χ2v) is 3.27. The fourth-order valence-corrected chi connectivity index (χ4v) is 1.24. The number of carbonyl (C=O) groups is 2. The zero-order chi connectivity index (χ0) is 12.1. The first-order valence-electron chi connectivity index (χ1n) is 4.77. The van der Waals surface area contributed by atoms with E-state index >= 15 is 0 Å². The van der Waals surface area contributed by atoms with Crippen molar-refractivity contribution in [1.29, 1.82) is 0 Å². The Kier molecular flexibility index (Phi) is 4.02. The molecule has 0 aliphatic carbocycles. The molecule has 0 unspecified atom stereocenters. The first-order chi connectivity index (χ1) is 7.58. The molecule has 5 nitrogen and oxygen atoms in total. The molecule has 0 aliphatic rings. The minimum absolute atomic E-state index is 0.0958. The van der Waals surface area contributed by atoms with Crippen LogP contribution < -0.4 is 11.1 Å². The molecule has 0 saturated carbocycles. The maximum absolute atomic E-state index is 11.4. The van der Waals surface area contributed by atoms with Crippen LogP contribution in [0.5, 0.6) is 0 Å². The third kappa shape index (κ3) is 2.80. The van der Waals surface area contributed by atoms with Crippen LogP contribution in [0.4, 0.5) is 5.69 Å². The van der Waals surface area contributed by atoms with E-state index in [0.717, 1.165) is 5.56 Å². The van der Waals surface area contributed by atoms with Crippen LogP contribution in [0.2, 0.25) is 0 Å². The lowest BCUT2D eigenvalue weighted by molar-refractivity contribution is -0.114. The van der Waals surface area contributed by atoms with Gasteiger partial charge in [-0.15, -0.1) is 0 Å². The summed E-state index contributed by atoms with van der Waals surface area (Å²) in [6.07, 6.45) is 0. The van der Waals surface area contributed by atoms with E-state index in [1.54, 1.807) is 25.1 Å². The molecule has 0 spiro atoms. The molecule has 86 valence electrons. The normalized spacial score (nSPS) is 9.69. The van der Waals surface area contributed by atoms with Crippen LogP contribution in [0.15, 0.2) is 18.2 Å². The van der Waals surface area contributed by atoms with Crippen molar-refractivity contribution in [3.8, 4) is 0 Å². The highest BCUT2D eigenvalue weighted by Crippen LogP contribution is 2.16. The van der Waals surface area contributed by atoms with Crippen molar-refractivity contribution in [2.24, 2.45) is 5.73 Å². The molecule has 0 bridgehead atoms. The topological polar surface area (TPSA) is 81.4 Å². The first kappa shape index (κ1) is 12.2. The Labute approximate surface area is 93.6 Å². The summed E-state index contributed by atoms with van der Waals surface area (Å²) in [6, 6.07) is 5.00. The van der Waals surface area contributed by atoms with E-state index in [4.69, 9.17) is 5.73 Å². The van der Waals surface area contributed by atoms with Crippen molar-refractivity contribution >= 4 is 17.6 Å². The number of anilines is 1. The van der Waals surface area contributed by atoms with E-state index in [2.05, 4.69) is 10.1 Å². The molecule has 0 atom stereocenters. The second kappa shape index (κ2) is 5.27. The fraction of sp³-hybridized carbons (Fsp3) is 0.273. The summed E-state index contributed by atoms with van der Waals surface area (Å²) in [7, 11) is 1.31. The van der Waals surface area contributed by atoms with Crippen LogP contribution in [-0.2, 0) is 9.53 Å². The Morgan fingerprint density at radius 2 is 2.12 bits per heavy atom. The average molecular weight is 222 g/mol. The maximum Gasteiger partial charge on any atom is 0.338 e. The largest absolute Gasteiger partial charge is 0.465 e. The molecule has 0 fully saturated rings. The van der Waals surface area contributed by atoms with Crippen molar-refractivity contribution in [3.05, 3.63) is 29.3 Å². The molecule has 1 rings (SSSR count). The van der Waals surface area contributed by atoms with Crippen molar-refractivity contribution < 1.29 is 14.3 Å². The summed E-state index contributed by atoms with van der Waals surface area (Å²) in [5, 5.41) is 2.57. The van der Waals surface area contributed by atoms with Crippen molar-refractivity contribution in [2.75, 3.05) is 19.0 Å². The molecule has 0 radical (unpaired) electrons. The van der Waals surface area contributed by atoms with Crippen LogP contribution in [0, 0.1) is 6.92 Å². The second-order valence-electron chi connectivity index (χ2n) is 3.27. The maximum atomic E-state index is 11.4. The van der Waals surface area contributed by atoms with Crippen molar-refractivity contribution in [1.82, 2.24) is 0 Å². The zero-order valence-electron chi connectivity index (χ0n) is 9.24. The van der Waals surface area contributed by atoms with Crippen LogP contribution in [0.3, 0.4) is 0 Å². The molecule has 16 heavy (non-hydrogen) atoms. The molecule has 1 aromatic carbocycles. The van der Waals surface area contributed by atoms with Gasteiger partial charge in [0.1, 0.15) is 0 Å². The van der Waals surface area contributed by atoms with Crippen LogP contribution >= 0.6 is 0 Å². The number of nitrogens with one attached hydrogen (secondary N) is 1. The van der Waals surface area contributed by atoms with Gasteiger partial charge < -0.3 is 15.8 Å². The highest BCUT2D eigenvalue weighted by Gasteiger charge is 2.10. The average Bonchev–Trinajstić information content (AvgIpc) is 2.30. The number of aryl methyl sites for hydroxylation is 1. The molecule has 0 aliphatic heterocycles. The fourth-order valence-electron chi connectivity index (χ4n) is 1.24. The Morgan fingerprint density at radius 1 is 1.44 bits per heavy atom. The Balaban J connectivity index is 2.98. The lowest BCUT2D eigenvalue weighted by atomic mass is 10.1. The molecule has 0 saturated heterocycles. The number of benzene rings is 1. The van der Waals surface area contributed by atoms with Gasteiger partial charge in [0.15, 0.2) is 0 Å². The molecular formula is C11H14N2O3. The molecule has 1 aromatic rings. The van der Waals surface area contributed by atoms with Gasteiger partial charge in [-0.2, -0.15) is 0 Å². The number of esters is 1. The summed E-state index contributed by atoms with van der Waals surface area (Å²) >= 11 is 0. The van der Waals surface area contributed by atoms with Gasteiger partial charge in [0, 0.05) is 5.69 Å². The third-order valence-corrected chi connectivity index (χ3v) is 2.11. The van der Waals surface area contributed by atoms with Gasteiger partial charge in [-0.1, -0.05) is 6.07 Å². The highest BCUT2D eigenvalue weighted by molar-refractivity contribution is 5.96. The minimum Gasteiger partial charge on any atom is -0.465 e. The zero-order valence-corrected chi connectivity index (χ0v) is 9.24. The molecular weight excluding hydrogens is 208 g/mol. The van der Waals surface area contributed by atoms with Crippen molar-refractivity contribution in [2.45, 2.75) is 6.92 Å². The number of nitrogens with two attached hydrogens (primary N) is 1. The van der Waals surface area contributed by atoms with E-state index in [-0.39, 0.29) is 12.5 Å². The molecule has 0 aromatic heterocycles.